The van der Waals surface area contributed by atoms with Crippen LogP contribution in [-0.4, -0.2) is 68.6 Å². The highest BCUT2D eigenvalue weighted by atomic mass is 127. The maximum atomic E-state index is 4.74. The van der Waals surface area contributed by atoms with Gasteiger partial charge >= 0.3 is 0 Å². The first kappa shape index (κ1) is 23.2. The zero-order valence-corrected chi connectivity index (χ0v) is 18.9. The summed E-state index contributed by atoms with van der Waals surface area (Å²) in [7, 11) is 2.21. The van der Waals surface area contributed by atoms with Crippen LogP contribution >= 0.6 is 24.0 Å². The standard InChI is InChI=1S/C20H35N5.HI/c1-4-21-20(23-18(2)19-10-6-5-7-11-19)22-12-8-9-13-25-16-14-24(3)15-17-25;/h5-7,10-11,18H,4,8-9,12-17H2,1-3H3,(H2,21,22,23);1H. The number of halogens is 1. The Bertz CT molecular complexity index is 500. The van der Waals surface area contributed by atoms with Crippen molar-refractivity contribution in [3.05, 3.63) is 35.9 Å². The Morgan fingerprint density at radius 1 is 1.12 bits per heavy atom. The lowest BCUT2D eigenvalue weighted by atomic mass is 10.1. The number of hydrogen-bond donors (Lipinski definition) is 2. The number of hydrogen-bond acceptors (Lipinski definition) is 3. The van der Waals surface area contributed by atoms with Crippen molar-refractivity contribution in [2.75, 3.05) is 52.9 Å². The molecule has 0 saturated carbocycles. The molecule has 0 bridgehead atoms. The minimum Gasteiger partial charge on any atom is -0.357 e. The van der Waals surface area contributed by atoms with Crippen molar-refractivity contribution in [3.8, 4) is 0 Å². The van der Waals surface area contributed by atoms with Crippen LogP contribution in [0.1, 0.15) is 38.3 Å². The predicted molar refractivity (Wildman–Crippen MR) is 123 cm³/mol. The van der Waals surface area contributed by atoms with Gasteiger partial charge in [-0.2, -0.15) is 0 Å². The molecule has 1 saturated heterocycles. The van der Waals surface area contributed by atoms with Crippen molar-refractivity contribution >= 4 is 29.9 Å². The van der Waals surface area contributed by atoms with Crippen molar-refractivity contribution in [2.24, 2.45) is 4.99 Å². The zero-order chi connectivity index (χ0) is 17.9. The second-order valence-electron chi connectivity index (χ2n) is 6.89. The zero-order valence-electron chi connectivity index (χ0n) is 16.6. The number of nitrogens with zero attached hydrogens (tertiary/aromatic N) is 3. The molecule has 1 heterocycles. The van der Waals surface area contributed by atoms with E-state index in [2.05, 4.69) is 71.7 Å². The van der Waals surface area contributed by atoms with E-state index in [1.54, 1.807) is 0 Å². The molecule has 0 aromatic heterocycles. The highest BCUT2D eigenvalue weighted by Crippen LogP contribution is 2.10. The van der Waals surface area contributed by atoms with Gasteiger partial charge in [-0.3, -0.25) is 4.99 Å². The number of unbranched alkanes of at least 4 members (excludes halogenated alkanes) is 1. The maximum absolute atomic E-state index is 4.74. The van der Waals surface area contributed by atoms with Crippen LogP contribution in [0.3, 0.4) is 0 Å². The molecule has 1 aromatic carbocycles. The lowest BCUT2D eigenvalue weighted by Gasteiger charge is -2.32. The van der Waals surface area contributed by atoms with E-state index in [0.29, 0.717) is 0 Å². The Balaban J connectivity index is 0.00000338. The molecule has 6 heteroatoms. The van der Waals surface area contributed by atoms with E-state index in [0.717, 1.165) is 25.5 Å². The normalized spacial score (nSPS) is 17.4. The third-order valence-corrected chi connectivity index (χ3v) is 4.75. The van der Waals surface area contributed by atoms with Gasteiger partial charge in [0.2, 0.25) is 0 Å². The fourth-order valence-electron chi connectivity index (χ4n) is 3.06. The van der Waals surface area contributed by atoms with Crippen molar-refractivity contribution < 1.29 is 0 Å². The quantitative estimate of drug-likeness (QED) is 0.264. The fourth-order valence-corrected chi connectivity index (χ4v) is 3.06. The topological polar surface area (TPSA) is 42.9 Å². The Morgan fingerprint density at radius 2 is 1.81 bits per heavy atom. The van der Waals surface area contributed by atoms with Gasteiger partial charge in [0.25, 0.3) is 0 Å². The van der Waals surface area contributed by atoms with E-state index in [1.807, 2.05) is 0 Å². The third kappa shape index (κ3) is 8.68. The maximum Gasteiger partial charge on any atom is 0.191 e. The molecule has 5 nitrogen and oxygen atoms in total. The van der Waals surface area contributed by atoms with Crippen LogP contribution in [0.2, 0.25) is 0 Å². The Hall–Kier alpha value is -0.860. The second kappa shape index (κ2) is 13.3. The average molecular weight is 473 g/mol. The van der Waals surface area contributed by atoms with Gasteiger partial charge in [0.15, 0.2) is 5.96 Å². The second-order valence-corrected chi connectivity index (χ2v) is 6.89. The smallest absolute Gasteiger partial charge is 0.191 e. The van der Waals surface area contributed by atoms with E-state index in [1.165, 1.54) is 44.7 Å². The highest BCUT2D eigenvalue weighted by Gasteiger charge is 2.12. The van der Waals surface area contributed by atoms with Crippen LogP contribution in [0.4, 0.5) is 0 Å². The number of guanidine groups is 1. The summed E-state index contributed by atoms with van der Waals surface area (Å²) in [6, 6.07) is 10.8. The van der Waals surface area contributed by atoms with Crippen LogP contribution < -0.4 is 10.6 Å². The molecule has 2 rings (SSSR count). The summed E-state index contributed by atoms with van der Waals surface area (Å²) in [5.41, 5.74) is 1.28. The van der Waals surface area contributed by atoms with Crippen LogP contribution in [0.15, 0.2) is 35.3 Å². The van der Waals surface area contributed by atoms with E-state index in [4.69, 9.17) is 4.99 Å². The molecule has 26 heavy (non-hydrogen) atoms. The first-order valence-corrected chi connectivity index (χ1v) is 9.69. The first-order valence-electron chi connectivity index (χ1n) is 9.69. The van der Waals surface area contributed by atoms with Gasteiger partial charge in [-0.25, -0.2) is 0 Å². The molecular weight excluding hydrogens is 437 g/mol. The lowest BCUT2D eigenvalue weighted by Crippen LogP contribution is -2.44. The first-order chi connectivity index (χ1) is 12.2. The summed E-state index contributed by atoms with van der Waals surface area (Å²) in [6.07, 6.45) is 2.36. The molecule has 2 N–H and O–H groups in total. The monoisotopic (exact) mass is 473 g/mol. The number of rotatable bonds is 8. The summed E-state index contributed by atoms with van der Waals surface area (Å²) in [5.74, 6) is 0.915. The van der Waals surface area contributed by atoms with Crippen molar-refractivity contribution in [1.29, 1.82) is 0 Å². The van der Waals surface area contributed by atoms with Gasteiger partial charge in [-0.1, -0.05) is 30.3 Å². The van der Waals surface area contributed by atoms with Crippen LogP contribution in [-0.2, 0) is 0 Å². The van der Waals surface area contributed by atoms with E-state index in [9.17, 15) is 0 Å². The average Bonchev–Trinajstić information content (AvgIpc) is 2.63. The van der Waals surface area contributed by atoms with Crippen LogP contribution in [0.5, 0.6) is 0 Å². The molecule has 0 amide bonds. The minimum atomic E-state index is 0. The Kier molecular flexibility index (Phi) is 11.9. The van der Waals surface area contributed by atoms with Gasteiger partial charge < -0.3 is 20.4 Å². The Labute approximate surface area is 176 Å². The van der Waals surface area contributed by atoms with Gasteiger partial charge in [-0.15, -0.1) is 24.0 Å². The van der Waals surface area contributed by atoms with E-state index >= 15 is 0 Å². The number of likely N-dealkylation sites (N-methyl/N-ethyl adjacent to an activating group) is 1. The molecule has 0 radical (unpaired) electrons. The predicted octanol–water partition coefficient (Wildman–Crippen LogP) is 2.95. The van der Waals surface area contributed by atoms with Gasteiger partial charge in [0.1, 0.15) is 0 Å². The number of benzene rings is 1. The Morgan fingerprint density at radius 3 is 2.46 bits per heavy atom. The summed E-state index contributed by atoms with van der Waals surface area (Å²) in [6.45, 7) is 12.1. The van der Waals surface area contributed by atoms with E-state index < -0.39 is 0 Å². The SMILES string of the molecule is CCNC(=NCCCCN1CCN(C)CC1)NC(C)c1ccccc1.I. The molecule has 1 aliphatic heterocycles. The molecule has 1 aromatic rings. The molecule has 148 valence electrons. The van der Waals surface area contributed by atoms with Crippen LogP contribution in [0, 0.1) is 0 Å². The molecule has 1 fully saturated rings. The number of piperazine rings is 1. The number of aliphatic imine (C=N–C) groups is 1. The molecule has 1 unspecified atom stereocenters. The summed E-state index contributed by atoms with van der Waals surface area (Å²) < 4.78 is 0. The largest absolute Gasteiger partial charge is 0.357 e. The number of nitrogens with one attached hydrogen (secondary N) is 2. The van der Waals surface area contributed by atoms with Crippen molar-refractivity contribution in [2.45, 2.75) is 32.7 Å². The van der Waals surface area contributed by atoms with Gasteiger partial charge in [0.05, 0.1) is 6.04 Å². The highest BCUT2D eigenvalue weighted by molar-refractivity contribution is 14.0. The van der Waals surface area contributed by atoms with Gasteiger partial charge in [0, 0.05) is 39.3 Å². The van der Waals surface area contributed by atoms with Crippen molar-refractivity contribution in [1.82, 2.24) is 20.4 Å². The fraction of sp³-hybridized carbons (Fsp3) is 0.650. The van der Waals surface area contributed by atoms with Gasteiger partial charge in [-0.05, 0) is 45.8 Å². The van der Waals surface area contributed by atoms with E-state index in [-0.39, 0.29) is 30.0 Å². The van der Waals surface area contributed by atoms with Crippen LogP contribution in [0.25, 0.3) is 0 Å². The molecule has 1 atom stereocenters. The molecule has 1 aliphatic rings. The summed E-state index contributed by atoms with van der Waals surface area (Å²) in [4.78, 5) is 9.72. The third-order valence-electron chi connectivity index (χ3n) is 4.75. The van der Waals surface area contributed by atoms with Crippen molar-refractivity contribution in [3.63, 3.8) is 0 Å². The summed E-state index contributed by atoms with van der Waals surface area (Å²) in [5, 5.41) is 6.85. The minimum absolute atomic E-state index is 0. The molecular formula is C20H36IN5. The lowest BCUT2D eigenvalue weighted by molar-refractivity contribution is 0.152. The molecule has 0 spiro atoms. The summed E-state index contributed by atoms with van der Waals surface area (Å²) >= 11 is 0. The molecule has 0 aliphatic carbocycles.